The summed E-state index contributed by atoms with van der Waals surface area (Å²) in [6, 6.07) is 18.1. The molecule has 2 aromatic rings. The number of hydrogen-bond acceptors (Lipinski definition) is 4. The van der Waals surface area contributed by atoms with E-state index in [1.165, 1.54) is 0 Å². The molecule has 4 heteroatoms. The van der Waals surface area contributed by atoms with Gasteiger partial charge in [0, 0.05) is 11.8 Å². The molecule has 2 aromatic carbocycles. The normalized spacial score (nSPS) is 11.9. The molecule has 0 aromatic heterocycles. The van der Waals surface area contributed by atoms with Gasteiger partial charge in [0.25, 0.3) is 0 Å². The first-order chi connectivity index (χ1) is 11.3. The molecular formula is C19H25NO2S. The molecule has 2 N–H and O–H groups in total. The number of rotatable bonds is 10. The van der Waals surface area contributed by atoms with Crippen molar-refractivity contribution in [1.29, 1.82) is 0 Å². The van der Waals surface area contributed by atoms with Crippen LogP contribution in [0.25, 0.3) is 0 Å². The Balaban J connectivity index is 1.66. The largest absolute Gasteiger partial charge is 0.494 e. The molecule has 0 saturated carbocycles. The summed E-state index contributed by atoms with van der Waals surface area (Å²) in [5, 5.41) is 0. The lowest BCUT2D eigenvalue weighted by molar-refractivity contribution is 0.296. The molecule has 23 heavy (non-hydrogen) atoms. The zero-order valence-corrected chi connectivity index (χ0v) is 14.3. The van der Waals surface area contributed by atoms with Crippen molar-refractivity contribution in [2.45, 2.75) is 31.9 Å². The van der Waals surface area contributed by atoms with E-state index in [4.69, 9.17) is 15.2 Å². The molecule has 124 valence electrons. The fourth-order valence-corrected chi connectivity index (χ4v) is 2.35. The molecule has 0 amide bonds. The van der Waals surface area contributed by atoms with Crippen molar-refractivity contribution in [3.63, 3.8) is 0 Å². The predicted octanol–water partition coefficient (Wildman–Crippen LogP) is 4.07. The molecule has 0 aliphatic carbocycles. The van der Waals surface area contributed by atoms with Gasteiger partial charge < -0.3 is 15.2 Å². The standard InChI is InChI=1S/C19H25NO2S/c20-17(15-23)8-4-5-13-21-18-9-11-19(12-10-18)22-14-16-6-2-1-3-7-16/h1-3,6-7,9-12,17,23H,4-5,8,13-15,20H2/t17-/m0/s1. The van der Waals surface area contributed by atoms with Gasteiger partial charge in [0.2, 0.25) is 0 Å². The van der Waals surface area contributed by atoms with Crippen LogP contribution in [-0.2, 0) is 6.61 Å². The molecule has 0 saturated heterocycles. The predicted molar refractivity (Wildman–Crippen MR) is 98.4 cm³/mol. The number of nitrogens with two attached hydrogens (primary N) is 1. The SMILES string of the molecule is N[C@H](CS)CCCCOc1ccc(OCc2ccccc2)cc1. The highest BCUT2D eigenvalue weighted by Gasteiger charge is 2.00. The second-order valence-corrected chi connectivity index (χ2v) is 5.90. The molecule has 0 unspecified atom stereocenters. The summed E-state index contributed by atoms with van der Waals surface area (Å²) in [5.74, 6) is 2.46. The third kappa shape index (κ3) is 6.97. The first-order valence-corrected chi connectivity index (χ1v) is 8.67. The minimum atomic E-state index is 0.194. The van der Waals surface area contributed by atoms with Gasteiger partial charge in [-0.3, -0.25) is 0 Å². The van der Waals surface area contributed by atoms with Crippen molar-refractivity contribution in [3.8, 4) is 11.5 Å². The Hall–Kier alpha value is -1.65. The molecule has 0 fully saturated rings. The van der Waals surface area contributed by atoms with Gasteiger partial charge in [-0.2, -0.15) is 12.6 Å². The number of thiol groups is 1. The third-order valence-electron chi connectivity index (χ3n) is 3.54. The van der Waals surface area contributed by atoms with Crippen LogP contribution in [0.5, 0.6) is 11.5 Å². The average Bonchev–Trinajstić information content (AvgIpc) is 2.61. The molecule has 0 heterocycles. The lowest BCUT2D eigenvalue weighted by Crippen LogP contribution is -2.21. The van der Waals surface area contributed by atoms with E-state index < -0.39 is 0 Å². The van der Waals surface area contributed by atoms with Crippen molar-refractivity contribution in [2.24, 2.45) is 5.73 Å². The van der Waals surface area contributed by atoms with Crippen LogP contribution in [0.15, 0.2) is 54.6 Å². The Kier molecular flexibility index (Phi) is 7.84. The van der Waals surface area contributed by atoms with E-state index in [-0.39, 0.29) is 6.04 Å². The number of unbranched alkanes of at least 4 members (excludes halogenated alkanes) is 1. The minimum absolute atomic E-state index is 0.194. The molecule has 0 spiro atoms. The smallest absolute Gasteiger partial charge is 0.120 e. The molecular weight excluding hydrogens is 306 g/mol. The van der Waals surface area contributed by atoms with Gasteiger partial charge in [-0.25, -0.2) is 0 Å². The van der Waals surface area contributed by atoms with Crippen LogP contribution in [0, 0.1) is 0 Å². The van der Waals surface area contributed by atoms with Gasteiger partial charge in [-0.1, -0.05) is 30.3 Å². The Labute approximate surface area is 144 Å². The number of hydrogen-bond donors (Lipinski definition) is 2. The maximum atomic E-state index is 5.82. The Morgan fingerprint density at radius 3 is 2.17 bits per heavy atom. The maximum Gasteiger partial charge on any atom is 0.120 e. The average molecular weight is 331 g/mol. The van der Waals surface area contributed by atoms with Crippen LogP contribution in [-0.4, -0.2) is 18.4 Å². The Morgan fingerprint density at radius 2 is 1.52 bits per heavy atom. The van der Waals surface area contributed by atoms with Crippen LogP contribution in [0.1, 0.15) is 24.8 Å². The fraction of sp³-hybridized carbons (Fsp3) is 0.368. The quantitative estimate of drug-likeness (QED) is 0.509. The number of ether oxygens (including phenoxy) is 2. The van der Waals surface area contributed by atoms with Crippen LogP contribution in [0.2, 0.25) is 0 Å². The van der Waals surface area contributed by atoms with Crippen molar-refractivity contribution in [2.75, 3.05) is 12.4 Å². The summed E-state index contributed by atoms with van der Waals surface area (Å²) in [6.45, 7) is 1.29. The molecule has 2 rings (SSSR count). The van der Waals surface area contributed by atoms with Gasteiger partial charge in [0.05, 0.1) is 6.61 Å². The van der Waals surface area contributed by atoms with E-state index in [1.807, 2.05) is 42.5 Å². The lowest BCUT2D eigenvalue weighted by Gasteiger charge is -2.10. The van der Waals surface area contributed by atoms with Gasteiger partial charge in [-0.05, 0) is 49.1 Å². The van der Waals surface area contributed by atoms with E-state index in [0.29, 0.717) is 13.2 Å². The van der Waals surface area contributed by atoms with E-state index in [9.17, 15) is 0 Å². The van der Waals surface area contributed by atoms with Crippen molar-refractivity contribution in [3.05, 3.63) is 60.2 Å². The number of benzene rings is 2. The molecule has 0 aliphatic heterocycles. The van der Waals surface area contributed by atoms with Gasteiger partial charge in [0.1, 0.15) is 18.1 Å². The summed E-state index contributed by atoms with van der Waals surface area (Å²) in [5.41, 5.74) is 6.98. The zero-order valence-electron chi connectivity index (χ0n) is 13.4. The summed E-state index contributed by atoms with van der Waals surface area (Å²) in [7, 11) is 0. The van der Waals surface area contributed by atoms with E-state index >= 15 is 0 Å². The molecule has 3 nitrogen and oxygen atoms in total. The van der Waals surface area contributed by atoms with E-state index in [0.717, 1.165) is 42.1 Å². The fourth-order valence-electron chi connectivity index (χ4n) is 2.16. The molecule has 0 aliphatic rings. The summed E-state index contributed by atoms with van der Waals surface area (Å²) < 4.78 is 11.5. The second kappa shape index (κ2) is 10.2. The summed E-state index contributed by atoms with van der Waals surface area (Å²) in [6.07, 6.45) is 3.08. The van der Waals surface area contributed by atoms with Crippen LogP contribution in [0.3, 0.4) is 0 Å². The Morgan fingerprint density at radius 1 is 0.870 bits per heavy atom. The second-order valence-electron chi connectivity index (χ2n) is 5.53. The van der Waals surface area contributed by atoms with Gasteiger partial charge in [0.15, 0.2) is 0 Å². The molecule has 0 radical (unpaired) electrons. The topological polar surface area (TPSA) is 44.5 Å². The molecule has 1 atom stereocenters. The first kappa shape index (κ1) is 17.7. The van der Waals surface area contributed by atoms with Crippen LogP contribution in [0.4, 0.5) is 0 Å². The van der Waals surface area contributed by atoms with E-state index in [1.54, 1.807) is 0 Å². The highest BCUT2D eigenvalue weighted by atomic mass is 32.1. The highest BCUT2D eigenvalue weighted by molar-refractivity contribution is 7.80. The summed E-state index contributed by atoms with van der Waals surface area (Å²) >= 11 is 4.18. The van der Waals surface area contributed by atoms with Crippen LogP contribution < -0.4 is 15.2 Å². The lowest BCUT2D eigenvalue weighted by atomic mass is 10.1. The van der Waals surface area contributed by atoms with Crippen molar-refractivity contribution >= 4 is 12.6 Å². The van der Waals surface area contributed by atoms with Crippen molar-refractivity contribution < 1.29 is 9.47 Å². The van der Waals surface area contributed by atoms with Crippen LogP contribution >= 0.6 is 12.6 Å². The maximum absolute atomic E-state index is 5.82. The monoisotopic (exact) mass is 331 g/mol. The Bertz CT molecular complexity index is 545. The molecule has 0 bridgehead atoms. The van der Waals surface area contributed by atoms with Gasteiger partial charge in [-0.15, -0.1) is 0 Å². The minimum Gasteiger partial charge on any atom is -0.494 e. The zero-order chi connectivity index (χ0) is 16.3. The third-order valence-corrected chi connectivity index (χ3v) is 4.01. The first-order valence-electron chi connectivity index (χ1n) is 8.04. The summed E-state index contributed by atoms with van der Waals surface area (Å²) in [4.78, 5) is 0. The van der Waals surface area contributed by atoms with E-state index in [2.05, 4.69) is 24.8 Å². The highest BCUT2D eigenvalue weighted by Crippen LogP contribution is 2.19. The van der Waals surface area contributed by atoms with Gasteiger partial charge >= 0.3 is 0 Å². The van der Waals surface area contributed by atoms with Crippen molar-refractivity contribution in [1.82, 2.24) is 0 Å².